The maximum atomic E-state index is 12.2. The van der Waals surface area contributed by atoms with Gasteiger partial charge in [0.1, 0.15) is 0 Å². The lowest BCUT2D eigenvalue weighted by Gasteiger charge is -2.37. The molecule has 104 valence electrons. The first-order valence-corrected chi connectivity index (χ1v) is 6.15. The van der Waals surface area contributed by atoms with Crippen molar-refractivity contribution in [1.29, 1.82) is 0 Å². The molecule has 19 heavy (non-hydrogen) atoms. The van der Waals surface area contributed by atoms with Gasteiger partial charge in [-0.05, 0) is 13.3 Å². The van der Waals surface area contributed by atoms with E-state index in [0.29, 0.717) is 18.7 Å². The quantitative estimate of drug-likeness (QED) is 0.828. The van der Waals surface area contributed by atoms with E-state index in [1.165, 1.54) is 4.90 Å². The van der Waals surface area contributed by atoms with Crippen molar-refractivity contribution < 1.29 is 18.8 Å². The predicted octanol–water partition coefficient (Wildman–Crippen LogP) is -0.0466. The van der Waals surface area contributed by atoms with Crippen LogP contribution in [0.15, 0.2) is 10.6 Å². The van der Waals surface area contributed by atoms with Crippen LogP contribution in [0.5, 0.6) is 0 Å². The molecule has 2 N–H and O–H groups in total. The summed E-state index contributed by atoms with van der Waals surface area (Å²) < 4.78 is 10.4. The molecule has 2 heterocycles. The molecule has 1 aliphatic rings. The summed E-state index contributed by atoms with van der Waals surface area (Å²) in [6.45, 7) is 4.27. The Labute approximate surface area is 110 Å². The summed E-state index contributed by atoms with van der Waals surface area (Å²) in [5.74, 6) is -0.717. The van der Waals surface area contributed by atoms with Crippen LogP contribution in [0.1, 0.15) is 30.1 Å². The number of aryl methyl sites for hydroxylation is 1. The highest BCUT2D eigenvalue weighted by molar-refractivity contribution is 5.92. The number of nitrogens with two attached hydrogens (primary N) is 1. The molecule has 7 heteroatoms. The molecule has 2 amide bonds. The average molecular weight is 267 g/mol. The molecule has 1 aliphatic heterocycles. The van der Waals surface area contributed by atoms with Crippen LogP contribution in [0.3, 0.4) is 0 Å². The summed E-state index contributed by atoms with van der Waals surface area (Å²) in [6, 6.07) is 1.61. The van der Waals surface area contributed by atoms with Crippen molar-refractivity contribution in [3.63, 3.8) is 0 Å². The van der Waals surface area contributed by atoms with E-state index in [9.17, 15) is 9.59 Å². The van der Waals surface area contributed by atoms with Crippen molar-refractivity contribution in [2.75, 3.05) is 19.7 Å². The Morgan fingerprint density at radius 1 is 1.58 bits per heavy atom. The Bertz CT molecular complexity index is 499. The fourth-order valence-electron chi connectivity index (χ4n) is 1.93. The fraction of sp³-hybridized carbons (Fsp3) is 0.583. The van der Waals surface area contributed by atoms with Crippen LogP contribution in [-0.4, -0.2) is 47.2 Å². The maximum Gasteiger partial charge on any atom is 0.292 e. The molecule has 1 unspecified atom stereocenters. The lowest BCUT2D eigenvalue weighted by molar-refractivity contribution is -0.150. The molecule has 1 atom stereocenters. The smallest absolute Gasteiger partial charge is 0.292 e. The number of rotatable bonds is 3. The van der Waals surface area contributed by atoms with Gasteiger partial charge in [-0.2, -0.15) is 0 Å². The minimum atomic E-state index is -1.15. The van der Waals surface area contributed by atoms with Gasteiger partial charge in [0.15, 0.2) is 5.60 Å². The third-order valence-corrected chi connectivity index (χ3v) is 3.21. The lowest BCUT2D eigenvalue weighted by Crippen LogP contribution is -2.58. The summed E-state index contributed by atoms with van der Waals surface area (Å²) in [6.07, 6.45) is 0.693. The van der Waals surface area contributed by atoms with Gasteiger partial charge >= 0.3 is 0 Å². The Morgan fingerprint density at radius 3 is 2.89 bits per heavy atom. The first-order chi connectivity index (χ1) is 8.96. The number of carbonyl (C=O) groups excluding carboxylic acids is 2. The van der Waals surface area contributed by atoms with E-state index in [1.807, 2.05) is 6.92 Å². The highest BCUT2D eigenvalue weighted by Gasteiger charge is 2.40. The molecule has 0 bridgehead atoms. The van der Waals surface area contributed by atoms with Gasteiger partial charge in [-0.15, -0.1) is 0 Å². The standard InChI is InChI=1S/C12H17N3O4/c1-3-8-6-9(19-14-8)10(16)15-4-5-18-12(2,7-15)11(13)17/h6H,3-5,7H2,1-2H3,(H2,13,17). The molecule has 1 aromatic heterocycles. The number of primary amides is 1. The Kier molecular flexibility index (Phi) is 3.57. The SMILES string of the molecule is CCc1cc(C(=O)N2CCOC(C)(C(N)=O)C2)on1. The molecular formula is C12H17N3O4. The first kappa shape index (κ1) is 13.5. The Hall–Kier alpha value is -1.89. The van der Waals surface area contributed by atoms with Gasteiger partial charge in [0.25, 0.3) is 11.8 Å². The monoisotopic (exact) mass is 267 g/mol. The van der Waals surface area contributed by atoms with Crippen LogP contribution in [0.25, 0.3) is 0 Å². The third-order valence-electron chi connectivity index (χ3n) is 3.21. The van der Waals surface area contributed by atoms with Gasteiger partial charge in [-0.1, -0.05) is 12.1 Å². The third kappa shape index (κ3) is 2.60. The van der Waals surface area contributed by atoms with E-state index in [1.54, 1.807) is 13.0 Å². The summed E-state index contributed by atoms with van der Waals surface area (Å²) in [5, 5.41) is 3.78. The minimum Gasteiger partial charge on any atom is -0.367 e. The number of amides is 2. The van der Waals surface area contributed by atoms with Gasteiger partial charge in [-0.3, -0.25) is 9.59 Å². The summed E-state index contributed by atoms with van der Waals surface area (Å²) >= 11 is 0. The average Bonchev–Trinajstić information content (AvgIpc) is 2.86. The normalized spacial score (nSPS) is 23.4. The number of hydrogen-bond acceptors (Lipinski definition) is 5. The van der Waals surface area contributed by atoms with Crippen LogP contribution in [-0.2, 0) is 16.0 Å². The molecule has 7 nitrogen and oxygen atoms in total. The molecule has 1 saturated heterocycles. The van der Waals surface area contributed by atoms with Crippen LogP contribution in [0.2, 0.25) is 0 Å². The number of nitrogens with zero attached hydrogens (tertiary/aromatic N) is 2. The molecular weight excluding hydrogens is 250 g/mol. The fourth-order valence-corrected chi connectivity index (χ4v) is 1.93. The van der Waals surface area contributed by atoms with E-state index in [4.69, 9.17) is 15.0 Å². The summed E-state index contributed by atoms with van der Waals surface area (Å²) in [4.78, 5) is 25.1. The van der Waals surface area contributed by atoms with Crippen LogP contribution in [0, 0.1) is 0 Å². The molecule has 1 aromatic rings. The van der Waals surface area contributed by atoms with Crippen molar-refractivity contribution >= 4 is 11.8 Å². The highest BCUT2D eigenvalue weighted by Crippen LogP contribution is 2.19. The number of morpholine rings is 1. The second-order valence-electron chi connectivity index (χ2n) is 4.71. The largest absolute Gasteiger partial charge is 0.367 e. The highest BCUT2D eigenvalue weighted by atomic mass is 16.5. The van der Waals surface area contributed by atoms with E-state index >= 15 is 0 Å². The van der Waals surface area contributed by atoms with Gasteiger partial charge in [0.2, 0.25) is 5.76 Å². The number of aromatic nitrogens is 1. The summed E-state index contributed by atoms with van der Waals surface area (Å²) in [5.41, 5.74) is 4.86. The van der Waals surface area contributed by atoms with Gasteiger partial charge < -0.3 is 19.9 Å². The second-order valence-corrected chi connectivity index (χ2v) is 4.71. The molecule has 0 spiro atoms. The second kappa shape index (κ2) is 5.00. The Balaban J connectivity index is 2.13. The van der Waals surface area contributed by atoms with Crippen molar-refractivity contribution in [3.05, 3.63) is 17.5 Å². The molecule has 0 aromatic carbocycles. The zero-order valence-electron chi connectivity index (χ0n) is 11.0. The van der Waals surface area contributed by atoms with E-state index in [2.05, 4.69) is 5.16 Å². The predicted molar refractivity (Wildman–Crippen MR) is 65.3 cm³/mol. The van der Waals surface area contributed by atoms with E-state index < -0.39 is 11.5 Å². The van der Waals surface area contributed by atoms with E-state index in [0.717, 1.165) is 0 Å². The molecule has 0 saturated carbocycles. The van der Waals surface area contributed by atoms with Gasteiger partial charge in [0.05, 0.1) is 18.8 Å². The number of carbonyl (C=O) groups is 2. The minimum absolute atomic E-state index is 0.114. The molecule has 0 radical (unpaired) electrons. The van der Waals surface area contributed by atoms with Gasteiger partial charge in [-0.25, -0.2) is 0 Å². The lowest BCUT2D eigenvalue weighted by atomic mass is 10.0. The zero-order chi connectivity index (χ0) is 14.0. The maximum absolute atomic E-state index is 12.2. The molecule has 2 rings (SSSR count). The van der Waals surface area contributed by atoms with Crippen molar-refractivity contribution in [2.24, 2.45) is 5.73 Å². The van der Waals surface area contributed by atoms with Crippen LogP contribution < -0.4 is 5.73 Å². The first-order valence-electron chi connectivity index (χ1n) is 6.15. The van der Waals surface area contributed by atoms with Crippen molar-refractivity contribution in [1.82, 2.24) is 10.1 Å². The van der Waals surface area contributed by atoms with Crippen molar-refractivity contribution in [3.8, 4) is 0 Å². The topological polar surface area (TPSA) is 98.7 Å². The van der Waals surface area contributed by atoms with Crippen LogP contribution >= 0.6 is 0 Å². The van der Waals surface area contributed by atoms with E-state index in [-0.39, 0.29) is 24.8 Å². The van der Waals surface area contributed by atoms with Crippen LogP contribution in [0.4, 0.5) is 0 Å². The number of hydrogen-bond donors (Lipinski definition) is 1. The molecule has 1 fully saturated rings. The van der Waals surface area contributed by atoms with Gasteiger partial charge in [0, 0.05) is 12.6 Å². The molecule has 0 aliphatic carbocycles. The Morgan fingerprint density at radius 2 is 2.32 bits per heavy atom. The summed E-state index contributed by atoms with van der Waals surface area (Å²) in [7, 11) is 0. The number of ether oxygens (including phenoxy) is 1. The zero-order valence-corrected chi connectivity index (χ0v) is 11.0. The van der Waals surface area contributed by atoms with Crippen molar-refractivity contribution in [2.45, 2.75) is 25.9 Å².